The second-order valence-corrected chi connectivity index (χ2v) is 1.58. The van der Waals surface area contributed by atoms with Gasteiger partial charge in [-0.3, -0.25) is 0 Å². The molecule has 0 radical (unpaired) electrons. The number of benzene rings is 1. The average Bonchev–Trinajstić information content (AvgIpc) is 1.90. The standard InChI is InChI=1S/C7H5O2.2Na/c8-7(9)6-4-2-1-3-5-6;;/h2-5H,(H,8,9);;/q-1;2*+1/p-1. The van der Waals surface area contributed by atoms with Crippen LogP contribution in [0.15, 0.2) is 24.3 Å². The molecule has 1 aromatic rings. The molecule has 0 saturated heterocycles. The summed E-state index contributed by atoms with van der Waals surface area (Å²) in [4.78, 5) is 10.1. The number of hydrogen-bond donors (Lipinski definition) is 0. The van der Waals surface area contributed by atoms with E-state index in [0.29, 0.717) is 0 Å². The van der Waals surface area contributed by atoms with E-state index in [1.807, 2.05) is 0 Å². The summed E-state index contributed by atoms with van der Waals surface area (Å²) in [6.45, 7) is 0. The van der Waals surface area contributed by atoms with E-state index in [4.69, 9.17) is 0 Å². The van der Waals surface area contributed by atoms with Gasteiger partial charge in [0.15, 0.2) is 0 Å². The summed E-state index contributed by atoms with van der Waals surface area (Å²) in [7, 11) is 0. The maximum Gasteiger partial charge on any atom is 1.00 e. The zero-order chi connectivity index (χ0) is 6.69. The number of carboxylic acid groups (broad SMARTS) is 1. The summed E-state index contributed by atoms with van der Waals surface area (Å²) >= 11 is 0. The molecule has 0 heterocycles. The van der Waals surface area contributed by atoms with Crippen molar-refractivity contribution in [2.75, 3.05) is 0 Å². The Balaban J connectivity index is 0. The molecule has 0 aliphatic heterocycles. The predicted octanol–water partition coefficient (Wildman–Crippen LogP) is -6.14. The summed E-state index contributed by atoms with van der Waals surface area (Å²) in [5, 5.41) is 10.1. The Morgan fingerprint density at radius 2 is 1.73 bits per heavy atom. The molecule has 0 aliphatic carbocycles. The molecule has 0 spiro atoms. The first kappa shape index (κ1) is 14.2. The third kappa shape index (κ3) is 5.01. The average molecular weight is 166 g/mol. The molecule has 0 unspecified atom stereocenters. The first-order valence-electron chi connectivity index (χ1n) is 2.48. The van der Waals surface area contributed by atoms with E-state index in [2.05, 4.69) is 6.07 Å². The van der Waals surface area contributed by atoms with Crippen molar-refractivity contribution in [2.45, 2.75) is 0 Å². The van der Waals surface area contributed by atoms with E-state index in [0.717, 1.165) is 0 Å². The van der Waals surface area contributed by atoms with E-state index >= 15 is 0 Å². The molecular formula is C7H4Na2O2. The summed E-state index contributed by atoms with van der Waals surface area (Å²) in [5.74, 6) is -1.15. The zero-order valence-electron chi connectivity index (χ0n) is 6.63. The van der Waals surface area contributed by atoms with E-state index in [-0.39, 0.29) is 64.7 Å². The Morgan fingerprint density at radius 3 is 2.00 bits per heavy atom. The van der Waals surface area contributed by atoms with Crippen LogP contribution in [0.4, 0.5) is 0 Å². The minimum Gasteiger partial charge on any atom is -0.547 e. The molecular weight excluding hydrogens is 162 g/mol. The number of carboxylic acids is 1. The van der Waals surface area contributed by atoms with Gasteiger partial charge in [-0.05, 0) is 0 Å². The van der Waals surface area contributed by atoms with Crippen LogP contribution in [-0.2, 0) is 0 Å². The van der Waals surface area contributed by atoms with Gasteiger partial charge >= 0.3 is 59.1 Å². The van der Waals surface area contributed by atoms with Crippen molar-refractivity contribution in [1.29, 1.82) is 0 Å². The van der Waals surface area contributed by atoms with Crippen molar-refractivity contribution >= 4 is 5.97 Å². The van der Waals surface area contributed by atoms with Gasteiger partial charge in [0, 0.05) is 5.97 Å². The van der Waals surface area contributed by atoms with Crippen molar-refractivity contribution in [3.8, 4) is 0 Å². The number of hydrogen-bond acceptors (Lipinski definition) is 2. The van der Waals surface area contributed by atoms with Gasteiger partial charge in [0.1, 0.15) is 0 Å². The minimum atomic E-state index is -1.15. The van der Waals surface area contributed by atoms with Crippen LogP contribution in [0.5, 0.6) is 0 Å². The zero-order valence-corrected chi connectivity index (χ0v) is 10.6. The molecule has 2 nitrogen and oxygen atoms in total. The van der Waals surface area contributed by atoms with Gasteiger partial charge in [0.2, 0.25) is 0 Å². The Hall–Kier alpha value is 0.690. The minimum absolute atomic E-state index is 0. The molecule has 46 valence electrons. The van der Waals surface area contributed by atoms with Crippen molar-refractivity contribution in [2.24, 2.45) is 0 Å². The SMILES string of the molecule is O=C([O-])c1cc[c-]cc1.[Na+].[Na+]. The van der Waals surface area contributed by atoms with Gasteiger partial charge in [-0.2, -0.15) is 30.3 Å². The topological polar surface area (TPSA) is 40.1 Å². The summed E-state index contributed by atoms with van der Waals surface area (Å²) < 4.78 is 0. The van der Waals surface area contributed by atoms with Crippen LogP contribution < -0.4 is 64.2 Å². The fourth-order valence-corrected chi connectivity index (χ4v) is 0.523. The number of carbonyl (C=O) groups is 1. The van der Waals surface area contributed by atoms with Crippen molar-refractivity contribution in [3.05, 3.63) is 35.9 Å². The molecule has 0 atom stereocenters. The van der Waals surface area contributed by atoms with E-state index < -0.39 is 5.97 Å². The summed E-state index contributed by atoms with van der Waals surface area (Å²) in [5.41, 5.74) is 0.189. The molecule has 0 amide bonds. The van der Waals surface area contributed by atoms with Crippen molar-refractivity contribution in [3.63, 3.8) is 0 Å². The molecule has 11 heavy (non-hydrogen) atoms. The Bertz CT molecular complexity index is 211. The maximum absolute atomic E-state index is 10.1. The molecule has 4 heteroatoms. The molecule has 1 aromatic carbocycles. The molecule has 0 aromatic heterocycles. The second-order valence-electron chi connectivity index (χ2n) is 1.58. The normalized spacial score (nSPS) is 7.27. The summed E-state index contributed by atoms with van der Waals surface area (Å²) in [6.07, 6.45) is 0. The van der Waals surface area contributed by atoms with Gasteiger partial charge in [0.25, 0.3) is 0 Å². The van der Waals surface area contributed by atoms with Gasteiger partial charge in [-0.1, -0.05) is 0 Å². The van der Waals surface area contributed by atoms with Gasteiger partial charge in [-0.15, -0.1) is 5.56 Å². The summed E-state index contributed by atoms with van der Waals surface area (Å²) in [6, 6.07) is 8.64. The van der Waals surface area contributed by atoms with Crippen LogP contribution >= 0.6 is 0 Å². The molecule has 0 fully saturated rings. The molecule has 0 saturated carbocycles. The Kier molecular flexibility index (Phi) is 9.50. The number of carbonyl (C=O) groups excluding carboxylic acids is 1. The molecule has 0 bridgehead atoms. The van der Waals surface area contributed by atoms with Crippen LogP contribution in [0.25, 0.3) is 0 Å². The first-order chi connectivity index (χ1) is 4.30. The van der Waals surface area contributed by atoms with E-state index in [1.54, 1.807) is 0 Å². The first-order valence-corrected chi connectivity index (χ1v) is 2.48. The fraction of sp³-hybridized carbons (Fsp3) is 0. The second kappa shape index (κ2) is 7.35. The van der Waals surface area contributed by atoms with Crippen LogP contribution in [0.3, 0.4) is 0 Å². The predicted molar refractivity (Wildman–Crippen MR) is 29.6 cm³/mol. The number of aromatic carboxylic acids is 1. The van der Waals surface area contributed by atoms with Gasteiger partial charge < -0.3 is 9.90 Å². The molecule has 0 aliphatic rings. The Morgan fingerprint density at radius 1 is 1.27 bits per heavy atom. The monoisotopic (exact) mass is 166 g/mol. The molecule has 0 N–H and O–H groups in total. The third-order valence-corrected chi connectivity index (χ3v) is 0.954. The quantitative estimate of drug-likeness (QED) is 0.307. The van der Waals surface area contributed by atoms with Gasteiger partial charge in [-0.25, -0.2) is 0 Å². The van der Waals surface area contributed by atoms with Gasteiger partial charge in [0.05, 0.1) is 0 Å². The Labute approximate surface area is 110 Å². The van der Waals surface area contributed by atoms with Crippen molar-refractivity contribution in [1.82, 2.24) is 0 Å². The molecule has 1 rings (SSSR count). The number of rotatable bonds is 1. The largest absolute Gasteiger partial charge is 1.00 e. The van der Waals surface area contributed by atoms with Crippen molar-refractivity contribution < 1.29 is 69.0 Å². The van der Waals surface area contributed by atoms with Crippen LogP contribution in [0.2, 0.25) is 0 Å². The van der Waals surface area contributed by atoms with Crippen LogP contribution in [-0.4, -0.2) is 5.97 Å². The third-order valence-electron chi connectivity index (χ3n) is 0.954. The van der Waals surface area contributed by atoms with Crippen LogP contribution in [0, 0.1) is 6.07 Å². The van der Waals surface area contributed by atoms with Crippen LogP contribution in [0.1, 0.15) is 10.4 Å². The smallest absolute Gasteiger partial charge is 0.547 e. The van der Waals surface area contributed by atoms with E-state index in [1.165, 1.54) is 24.3 Å². The maximum atomic E-state index is 10.1. The fourth-order valence-electron chi connectivity index (χ4n) is 0.523. The van der Waals surface area contributed by atoms with E-state index in [9.17, 15) is 9.90 Å².